The first kappa shape index (κ1) is 39.3. The summed E-state index contributed by atoms with van der Waals surface area (Å²) in [5.74, 6) is 0. The van der Waals surface area contributed by atoms with E-state index in [1.807, 2.05) is 60.8 Å². The number of aromatic nitrogens is 2. The Morgan fingerprint density at radius 1 is 0.550 bits per heavy atom. The maximum Gasteiger partial charge on any atom is 0.269 e. The predicted octanol–water partition coefficient (Wildman–Crippen LogP) is 8.08. The fraction of sp³-hybridized carbons (Fsp3) is 0.458. The molecule has 12 heteroatoms. The third kappa shape index (κ3) is 5.31. The highest BCUT2D eigenvalue weighted by Crippen LogP contribution is 2.71. The van der Waals surface area contributed by atoms with Gasteiger partial charge in [-0.05, 0) is 110 Å². The molecule has 10 rings (SSSR count). The molecule has 302 valence electrons. The van der Waals surface area contributed by atoms with Crippen molar-refractivity contribution < 1.29 is 0 Å². The lowest BCUT2D eigenvalue weighted by Crippen LogP contribution is -2.38. The summed E-state index contributed by atoms with van der Waals surface area (Å²) in [4.78, 5) is 33.4. The summed E-state index contributed by atoms with van der Waals surface area (Å²) < 4.78 is 5.22. The number of thiazole rings is 2. The standard InChI is InChI=1S/C48H44N6O2S4/c1-3-53-42(55)34(59-44(53)28(24-49)25-50)22-30-20-32-36(46(30)14-8-5-9-15-46)38-40(57-32)41-39(48(38)18-12-7-13-19-48)37-33(58-41)21-31(47(37)16-10-6-11-17-47)23-35-43(56)54(4-2)45(60-35)29(26-51)27-52/h20-23H,3-19H2,1-2H3/b34-22-,35-23-. The minimum absolute atomic E-state index is 0.0175. The first-order valence-electron chi connectivity index (χ1n) is 21.6. The van der Waals surface area contributed by atoms with Gasteiger partial charge in [0.25, 0.3) is 11.1 Å². The lowest BCUT2D eigenvalue weighted by atomic mass is 9.58. The SMILES string of the molecule is CCn1c(=C(C#N)C#N)s/c(=C\C2=Cc3sc4c(c3C23CCCCC3)C2(CCCCC2)c2c-4sc3c2C2(CCCCC2)C(/C=c2\sc(=C(C#N)C#N)n(CC)c2=O)=C3)c1=O. The number of hydrogen-bond donors (Lipinski definition) is 0. The van der Waals surface area contributed by atoms with Gasteiger partial charge in [0.1, 0.15) is 33.6 Å². The summed E-state index contributed by atoms with van der Waals surface area (Å²) in [6.07, 6.45) is 26.0. The normalized spacial score (nSPS) is 20.5. The minimum Gasteiger partial charge on any atom is -0.298 e. The lowest BCUT2D eigenvalue weighted by molar-refractivity contribution is 0.314. The van der Waals surface area contributed by atoms with Crippen molar-refractivity contribution in [2.24, 2.45) is 0 Å². The fourth-order valence-corrected chi connectivity index (χ4v) is 17.4. The average molecular weight is 865 g/mol. The van der Waals surface area contributed by atoms with Crippen LogP contribution in [0.4, 0.5) is 0 Å². The fourth-order valence-electron chi connectivity index (χ4n) is 12.2. The van der Waals surface area contributed by atoms with Crippen LogP contribution in [0, 0.1) is 45.3 Å². The summed E-state index contributed by atoms with van der Waals surface area (Å²) in [7, 11) is 0. The highest BCUT2D eigenvalue weighted by Gasteiger charge is 2.58. The summed E-state index contributed by atoms with van der Waals surface area (Å²) in [6, 6.07) is 8.08. The van der Waals surface area contributed by atoms with Crippen LogP contribution >= 0.6 is 45.3 Å². The van der Waals surface area contributed by atoms with Crippen molar-refractivity contribution in [2.75, 3.05) is 0 Å². The quantitative estimate of drug-likeness (QED) is 0.203. The molecule has 0 atom stereocenters. The van der Waals surface area contributed by atoms with Crippen LogP contribution in [-0.2, 0) is 29.3 Å². The van der Waals surface area contributed by atoms with Crippen LogP contribution in [0.2, 0.25) is 0 Å². The highest BCUT2D eigenvalue weighted by molar-refractivity contribution is 7.24. The summed E-state index contributed by atoms with van der Waals surface area (Å²) in [6.45, 7) is 4.57. The molecule has 60 heavy (non-hydrogen) atoms. The van der Waals surface area contributed by atoms with Gasteiger partial charge in [-0.1, -0.05) is 57.8 Å². The van der Waals surface area contributed by atoms with Crippen molar-refractivity contribution in [2.45, 2.75) is 139 Å². The maximum absolute atomic E-state index is 13.9. The maximum atomic E-state index is 13.9. The molecule has 3 saturated carbocycles. The average Bonchev–Trinajstić information content (AvgIpc) is 4.12. The number of nitriles is 4. The van der Waals surface area contributed by atoms with Crippen LogP contribution in [0.3, 0.4) is 0 Å². The van der Waals surface area contributed by atoms with Crippen molar-refractivity contribution in [1.82, 2.24) is 9.13 Å². The van der Waals surface area contributed by atoms with Gasteiger partial charge in [-0.15, -0.1) is 45.3 Å². The monoisotopic (exact) mass is 864 g/mol. The van der Waals surface area contributed by atoms with E-state index in [0.717, 1.165) is 64.2 Å². The molecule has 4 aromatic rings. The van der Waals surface area contributed by atoms with Gasteiger partial charge in [0.05, 0.1) is 9.06 Å². The van der Waals surface area contributed by atoms with Gasteiger partial charge in [-0.25, -0.2) is 0 Å². The van der Waals surface area contributed by atoms with Gasteiger partial charge in [0.2, 0.25) is 0 Å². The smallest absolute Gasteiger partial charge is 0.269 e. The number of hydrogen-bond acceptors (Lipinski definition) is 10. The first-order valence-corrected chi connectivity index (χ1v) is 24.8. The second kappa shape index (κ2) is 14.7. The van der Waals surface area contributed by atoms with Gasteiger partial charge in [-0.2, -0.15) is 21.0 Å². The molecule has 8 nitrogen and oxygen atoms in total. The van der Waals surface area contributed by atoms with Crippen molar-refractivity contribution in [1.29, 1.82) is 21.0 Å². The Morgan fingerprint density at radius 2 is 0.900 bits per heavy atom. The van der Waals surface area contributed by atoms with Gasteiger partial charge in [0, 0.05) is 48.8 Å². The zero-order valence-electron chi connectivity index (χ0n) is 34.0. The van der Waals surface area contributed by atoms with Crippen molar-refractivity contribution in [3.05, 3.63) is 82.3 Å². The lowest BCUT2D eigenvalue weighted by Gasteiger charge is -2.44. The van der Waals surface area contributed by atoms with E-state index in [9.17, 15) is 30.6 Å². The van der Waals surface area contributed by atoms with Gasteiger partial charge >= 0.3 is 0 Å². The largest absolute Gasteiger partial charge is 0.298 e. The summed E-state index contributed by atoms with van der Waals surface area (Å²) >= 11 is 6.47. The van der Waals surface area contributed by atoms with E-state index in [0.29, 0.717) is 31.5 Å². The van der Waals surface area contributed by atoms with Gasteiger partial charge in [0.15, 0.2) is 11.1 Å². The molecule has 0 aliphatic heterocycles. The molecule has 3 spiro atoms. The molecule has 3 fully saturated rings. The molecule has 0 radical (unpaired) electrons. The Hall–Kier alpha value is -4.82. The molecular weight excluding hydrogens is 821 g/mol. The molecule has 0 aromatic carbocycles. The Kier molecular flexibility index (Phi) is 9.62. The topological polar surface area (TPSA) is 139 Å². The number of nitrogens with zero attached hydrogens (tertiary/aromatic N) is 6. The third-order valence-corrected chi connectivity index (χ3v) is 19.4. The minimum atomic E-state index is -0.192. The van der Waals surface area contributed by atoms with Crippen LogP contribution in [0.1, 0.15) is 142 Å². The Labute approximate surface area is 364 Å². The molecule has 4 aromatic heterocycles. The van der Waals surface area contributed by atoms with E-state index in [1.165, 1.54) is 96.6 Å². The third-order valence-electron chi connectivity index (χ3n) is 14.7. The summed E-state index contributed by atoms with van der Waals surface area (Å²) in [5, 5.41) is 39.0. The predicted molar refractivity (Wildman–Crippen MR) is 242 cm³/mol. The van der Waals surface area contributed by atoms with E-state index in [1.54, 1.807) is 20.3 Å². The Bertz CT molecular complexity index is 2920. The second-order valence-corrected chi connectivity index (χ2v) is 21.5. The number of fused-ring (bicyclic) bond motifs is 11. The zero-order valence-corrected chi connectivity index (χ0v) is 37.2. The molecule has 4 heterocycles. The zero-order chi connectivity index (χ0) is 41.6. The Balaban J connectivity index is 1.18. The van der Waals surface area contributed by atoms with E-state index in [2.05, 4.69) is 24.3 Å². The van der Waals surface area contributed by atoms with Gasteiger partial charge < -0.3 is 0 Å². The molecular formula is C48H44N6O2S4. The molecule has 6 aliphatic rings. The molecule has 0 bridgehead atoms. The van der Waals surface area contributed by atoms with Crippen molar-refractivity contribution >= 4 is 80.8 Å². The van der Waals surface area contributed by atoms with Crippen LogP contribution < -0.4 is 29.5 Å². The van der Waals surface area contributed by atoms with E-state index >= 15 is 0 Å². The first-order chi connectivity index (χ1) is 29.2. The van der Waals surface area contributed by atoms with Crippen molar-refractivity contribution in [3.63, 3.8) is 0 Å². The highest BCUT2D eigenvalue weighted by atomic mass is 32.1. The summed E-state index contributed by atoms with van der Waals surface area (Å²) in [5.41, 5.74) is 7.83. The Morgan fingerprint density at radius 3 is 1.23 bits per heavy atom. The van der Waals surface area contributed by atoms with E-state index < -0.39 is 0 Å². The number of allylic oxidation sites excluding steroid dienone is 2. The van der Waals surface area contributed by atoms with E-state index in [-0.39, 0.29) is 38.5 Å². The molecule has 0 unspecified atom stereocenters. The second-order valence-electron chi connectivity index (χ2n) is 17.3. The number of thiophene rings is 2. The van der Waals surface area contributed by atoms with Crippen LogP contribution in [-0.4, -0.2) is 9.13 Å². The molecule has 0 N–H and O–H groups in total. The number of rotatable bonds is 4. The molecule has 0 saturated heterocycles. The van der Waals surface area contributed by atoms with Crippen LogP contribution in [0.15, 0.2) is 20.7 Å². The van der Waals surface area contributed by atoms with Gasteiger partial charge in [-0.3, -0.25) is 18.7 Å². The van der Waals surface area contributed by atoms with E-state index in [4.69, 9.17) is 0 Å². The van der Waals surface area contributed by atoms with Crippen LogP contribution in [0.5, 0.6) is 0 Å². The molecule has 0 amide bonds. The van der Waals surface area contributed by atoms with Crippen molar-refractivity contribution in [3.8, 4) is 34.0 Å². The molecule has 6 aliphatic carbocycles. The van der Waals surface area contributed by atoms with Crippen LogP contribution in [0.25, 0.3) is 45.2 Å².